The molecule has 1 saturated heterocycles. The molecule has 1 fully saturated rings. The van der Waals surface area contributed by atoms with Gasteiger partial charge in [0.1, 0.15) is 0 Å². The molecule has 0 saturated carbocycles. The quantitative estimate of drug-likeness (QED) is 0.612. The van der Waals surface area contributed by atoms with Gasteiger partial charge in [0, 0.05) is 0 Å². The van der Waals surface area contributed by atoms with Crippen molar-refractivity contribution in [1.82, 2.24) is 4.90 Å². The molecule has 14 heavy (non-hydrogen) atoms. The Morgan fingerprint density at radius 3 is 2.57 bits per heavy atom. The lowest BCUT2D eigenvalue weighted by molar-refractivity contribution is -0.154. The Kier molecular flexibility index (Phi) is 3.48. The maximum atomic E-state index is 11.6. The lowest BCUT2D eigenvalue weighted by Crippen LogP contribution is -2.42. The van der Waals surface area contributed by atoms with Gasteiger partial charge < -0.3 is 9.64 Å². The first kappa shape index (κ1) is 11.0. The third-order valence-corrected chi connectivity index (χ3v) is 2.72. The lowest BCUT2D eigenvalue weighted by atomic mass is 9.80. The Hall–Kier alpha value is -1.08. The van der Waals surface area contributed by atoms with Crippen molar-refractivity contribution in [3.63, 3.8) is 0 Å². The molecule has 4 heteroatoms. The fourth-order valence-corrected chi connectivity index (χ4v) is 1.63. The van der Waals surface area contributed by atoms with Crippen molar-refractivity contribution in [3.05, 3.63) is 0 Å². The minimum atomic E-state index is -0.886. The van der Waals surface area contributed by atoms with Gasteiger partial charge in [-0.15, -0.1) is 0 Å². The van der Waals surface area contributed by atoms with Crippen LogP contribution in [0.2, 0.25) is 0 Å². The van der Waals surface area contributed by atoms with Crippen molar-refractivity contribution in [2.24, 2.45) is 5.41 Å². The Morgan fingerprint density at radius 1 is 1.57 bits per heavy atom. The van der Waals surface area contributed by atoms with E-state index in [1.54, 1.807) is 6.92 Å². The summed E-state index contributed by atoms with van der Waals surface area (Å²) in [6.07, 6.45) is 1.16. The number of hydrogen-bond donors (Lipinski definition) is 0. The van der Waals surface area contributed by atoms with Crippen molar-refractivity contribution in [3.8, 4) is 6.07 Å². The number of carbonyl (C=O) groups excluding carboxylic acids is 1. The second-order valence-corrected chi connectivity index (χ2v) is 3.72. The standard InChI is InChI=1S/C10H16N2O2/c1-3-14-9(13)10(8-11)4-6-12(2)7-5-10/h3-7H2,1-2H3. The third-order valence-electron chi connectivity index (χ3n) is 2.72. The van der Waals surface area contributed by atoms with Crippen LogP contribution in [0.3, 0.4) is 0 Å². The number of ether oxygens (including phenoxy) is 1. The largest absolute Gasteiger partial charge is 0.465 e. The summed E-state index contributed by atoms with van der Waals surface area (Å²) in [6.45, 7) is 3.68. The van der Waals surface area contributed by atoms with Crippen LogP contribution in [0.4, 0.5) is 0 Å². The maximum absolute atomic E-state index is 11.6. The zero-order valence-corrected chi connectivity index (χ0v) is 8.75. The summed E-state index contributed by atoms with van der Waals surface area (Å²) < 4.78 is 4.93. The van der Waals surface area contributed by atoms with Gasteiger partial charge in [-0.2, -0.15) is 5.26 Å². The van der Waals surface area contributed by atoms with E-state index in [1.807, 2.05) is 7.05 Å². The molecule has 0 aliphatic carbocycles. The molecule has 0 bridgehead atoms. The zero-order chi connectivity index (χ0) is 10.6. The van der Waals surface area contributed by atoms with Crippen LogP contribution in [0, 0.1) is 16.7 Å². The van der Waals surface area contributed by atoms with Crippen molar-refractivity contribution in [2.75, 3.05) is 26.7 Å². The normalized spacial score (nSPS) is 21.2. The first-order valence-electron chi connectivity index (χ1n) is 4.91. The Bertz CT molecular complexity index is 249. The van der Waals surface area contributed by atoms with Gasteiger partial charge >= 0.3 is 5.97 Å². The topological polar surface area (TPSA) is 53.3 Å². The second-order valence-electron chi connectivity index (χ2n) is 3.72. The van der Waals surface area contributed by atoms with Gasteiger partial charge in [0.25, 0.3) is 0 Å². The molecule has 0 aromatic heterocycles. The number of nitrogens with zero attached hydrogens (tertiary/aromatic N) is 2. The van der Waals surface area contributed by atoms with E-state index in [0.29, 0.717) is 19.4 Å². The number of likely N-dealkylation sites (tertiary alicyclic amines) is 1. The van der Waals surface area contributed by atoms with Crippen molar-refractivity contribution in [2.45, 2.75) is 19.8 Å². The molecule has 0 aromatic carbocycles. The number of esters is 1. The molecule has 78 valence electrons. The van der Waals surface area contributed by atoms with Crippen LogP contribution in [0.25, 0.3) is 0 Å². The summed E-state index contributed by atoms with van der Waals surface area (Å²) in [5.41, 5.74) is -0.886. The molecule has 1 rings (SSSR count). The first-order chi connectivity index (χ1) is 6.64. The molecule has 0 atom stereocenters. The van der Waals surface area contributed by atoms with Gasteiger partial charge in [-0.25, -0.2) is 0 Å². The predicted octanol–water partition coefficient (Wildman–Crippen LogP) is 0.785. The number of nitriles is 1. The van der Waals surface area contributed by atoms with E-state index in [2.05, 4.69) is 11.0 Å². The van der Waals surface area contributed by atoms with E-state index in [4.69, 9.17) is 10.00 Å². The molecular formula is C10H16N2O2. The summed E-state index contributed by atoms with van der Waals surface area (Å²) in [5, 5.41) is 9.06. The molecule has 1 aliphatic heterocycles. The molecule has 0 aromatic rings. The Morgan fingerprint density at radius 2 is 2.14 bits per heavy atom. The first-order valence-corrected chi connectivity index (χ1v) is 4.91. The van der Waals surface area contributed by atoms with Crippen LogP contribution < -0.4 is 0 Å². The summed E-state index contributed by atoms with van der Waals surface area (Å²) in [7, 11) is 1.99. The minimum absolute atomic E-state index is 0.345. The van der Waals surface area contributed by atoms with Crippen molar-refractivity contribution in [1.29, 1.82) is 5.26 Å². The number of rotatable bonds is 2. The molecular weight excluding hydrogens is 180 g/mol. The average molecular weight is 196 g/mol. The van der Waals surface area contributed by atoms with E-state index in [0.717, 1.165) is 13.1 Å². The van der Waals surface area contributed by atoms with Crippen molar-refractivity contribution >= 4 is 5.97 Å². The summed E-state index contributed by atoms with van der Waals surface area (Å²) in [5.74, 6) is -0.351. The highest BCUT2D eigenvalue weighted by Crippen LogP contribution is 2.31. The molecule has 0 unspecified atom stereocenters. The summed E-state index contributed by atoms with van der Waals surface area (Å²) in [4.78, 5) is 13.7. The molecule has 1 heterocycles. The molecule has 4 nitrogen and oxygen atoms in total. The Labute approximate surface area is 84.4 Å². The fraction of sp³-hybridized carbons (Fsp3) is 0.800. The zero-order valence-electron chi connectivity index (χ0n) is 8.75. The van der Waals surface area contributed by atoms with Gasteiger partial charge in [-0.1, -0.05) is 0 Å². The molecule has 0 N–H and O–H groups in total. The van der Waals surface area contributed by atoms with Gasteiger partial charge in [0.05, 0.1) is 12.7 Å². The van der Waals surface area contributed by atoms with Crippen LogP contribution >= 0.6 is 0 Å². The molecule has 0 spiro atoms. The van der Waals surface area contributed by atoms with Gasteiger partial charge in [0.15, 0.2) is 5.41 Å². The minimum Gasteiger partial charge on any atom is -0.465 e. The summed E-state index contributed by atoms with van der Waals surface area (Å²) >= 11 is 0. The number of hydrogen-bond acceptors (Lipinski definition) is 4. The van der Waals surface area contributed by atoms with Crippen LogP contribution in [0.1, 0.15) is 19.8 Å². The molecule has 0 amide bonds. The number of piperidine rings is 1. The summed E-state index contributed by atoms with van der Waals surface area (Å²) in [6, 6.07) is 2.12. The fourth-order valence-electron chi connectivity index (χ4n) is 1.63. The van der Waals surface area contributed by atoms with E-state index in [1.165, 1.54) is 0 Å². The van der Waals surface area contributed by atoms with E-state index < -0.39 is 5.41 Å². The van der Waals surface area contributed by atoms with Crippen LogP contribution in [-0.2, 0) is 9.53 Å². The third kappa shape index (κ3) is 2.05. The van der Waals surface area contributed by atoms with Crippen LogP contribution in [0.5, 0.6) is 0 Å². The highest BCUT2D eigenvalue weighted by atomic mass is 16.5. The molecule has 0 radical (unpaired) electrons. The smallest absolute Gasteiger partial charge is 0.326 e. The second kappa shape index (κ2) is 4.43. The van der Waals surface area contributed by atoms with Crippen LogP contribution in [0.15, 0.2) is 0 Å². The average Bonchev–Trinajstić information content (AvgIpc) is 2.20. The highest BCUT2D eigenvalue weighted by Gasteiger charge is 2.42. The monoisotopic (exact) mass is 196 g/mol. The van der Waals surface area contributed by atoms with E-state index in [-0.39, 0.29) is 5.97 Å². The van der Waals surface area contributed by atoms with E-state index in [9.17, 15) is 4.79 Å². The Balaban J connectivity index is 2.68. The number of carbonyl (C=O) groups is 1. The van der Waals surface area contributed by atoms with Gasteiger partial charge in [-0.3, -0.25) is 4.79 Å². The van der Waals surface area contributed by atoms with Crippen molar-refractivity contribution < 1.29 is 9.53 Å². The molecule has 1 aliphatic rings. The lowest BCUT2D eigenvalue weighted by Gasteiger charge is -2.33. The maximum Gasteiger partial charge on any atom is 0.326 e. The van der Waals surface area contributed by atoms with Gasteiger partial charge in [0.2, 0.25) is 0 Å². The van der Waals surface area contributed by atoms with Crippen LogP contribution in [-0.4, -0.2) is 37.6 Å². The SMILES string of the molecule is CCOC(=O)C1(C#N)CCN(C)CC1. The van der Waals surface area contributed by atoms with Gasteiger partial charge in [-0.05, 0) is 39.9 Å². The highest BCUT2D eigenvalue weighted by molar-refractivity contribution is 5.80. The van der Waals surface area contributed by atoms with E-state index >= 15 is 0 Å². The predicted molar refractivity (Wildman–Crippen MR) is 51.4 cm³/mol.